The number of fused-ring (bicyclic) bond motifs is 1. The van der Waals surface area contributed by atoms with Gasteiger partial charge in [-0.1, -0.05) is 19.8 Å². The first-order chi connectivity index (χ1) is 9.61. The number of aliphatic hydroxyl groups is 1. The Morgan fingerprint density at radius 2 is 2.10 bits per heavy atom. The van der Waals surface area contributed by atoms with Crippen molar-refractivity contribution in [2.45, 2.75) is 58.2 Å². The Kier molecular flexibility index (Phi) is 5.10. The van der Waals surface area contributed by atoms with Crippen LogP contribution in [0.2, 0.25) is 0 Å². The van der Waals surface area contributed by atoms with Crippen LogP contribution < -0.4 is 0 Å². The molecular formula is C17H22O3. The Labute approximate surface area is 121 Å². The second-order valence-electron chi connectivity index (χ2n) is 5.77. The van der Waals surface area contributed by atoms with E-state index in [2.05, 4.69) is 30.6 Å². The first kappa shape index (κ1) is 14.9. The van der Waals surface area contributed by atoms with E-state index in [9.17, 15) is 9.90 Å². The number of carbonyl (C=O) groups is 1. The fourth-order valence-corrected chi connectivity index (χ4v) is 2.88. The molecule has 1 saturated carbocycles. The van der Waals surface area contributed by atoms with Crippen LogP contribution in [-0.4, -0.2) is 23.3 Å². The maximum atomic E-state index is 11.3. The Morgan fingerprint density at radius 1 is 1.35 bits per heavy atom. The predicted molar refractivity (Wildman–Crippen MR) is 76.3 cm³/mol. The molecule has 20 heavy (non-hydrogen) atoms. The summed E-state index contributed by atoms with van der Waals surface area (Å²) in [7, 11) is 0. The van der Waals surface area contributed by atoms with Gasteiger partial charge in [0.15, 0.2) is 0 Å². The zero-order valence-electron chi connectivity index (χ0n) is 12.2. The summed E-state index contributed by atoms with van der Waals surface area (Å²) in [6, 6.07) is 0. The van der Waals surface area contributed by atoms with E-state index in [4.69, 9.17) is 4.74 Å². The molecule has 2 aliphatic rings. The van der Waals surface area contributed by atoms with E-state index in [-0.39, 0.29) is 23.9 Å². The van der Waals surface area contributed by atoms with Crippen molar-refractivity contribution in [1.82, 2.24) is 0 Å². The minimum Gasteiger partial charge on any atom is -0.462 e. The molecule has 3 heteroatoms. The number of hydrogen-bond acceptors (Lipinski definition) is 3. The van der Waals surface area contributed by atoms with E-state index in [1.165, 1.54) is 0 Å². The lowest BCUT2D eigenvalue weighted by Crippen LogP contribution is -2.18. The maximum Gasteiger partial charge on any atom is 0.306 e. The van der Waals surface area contributed by atoms with Gasteiger partial charge >= 0.3 is 5.97 Å². The lowest BCUT2D eigenvalue weighted by Gasteiger charge is -2.11. The minimum atomic E-state index is -0.458. The van der Waals surface area contributed by atoms with Crippen LogP contribution in [0, 0.1) is 41.4 Å². The summed E-state index contributed by atoms with van der Waals surface area (Å²) >= 11 is 0. The number of aliphatic hydroxyl groups excluding tert-OH is 1. The molecule has 2 rings (SSSR count). The van der Waals surface area contributed by atoms with Crippen LogP contribution in [-0.2, 0) is 9.53 Å². The second kappa shape index (κ2) is 6.82. The monoisotopic (exact) mass is 274 g/mol. The summed E-state index contributed by atoms with van der Waals surface area (Å²) < 4.78 is 5.19. The van der Waals surface area contributed by atoms with E-state index >= 15 is 0 Å². The molecule has 1 aliphatic carbocycles. The fraction of sp³-hybridized carbons (Fsp3) is 0.706. The average molecular weight is 274 g/mol. The largest absolute Gasteiger partial charge is 0.462 e. The Morgan fingerprint density at radius 3 is 2.85 bits per heavy atom. The highest BCUT2D eigenvalue weighted by atomic mass is 16.6. The van der Waals surface area contributed by atoms with Gasteiger partial charge in [0.1, 0.15) is 6.10 Å². The number of rotatable bonds is 2. The van der Waals surface area contributed by atoms with Crippen LogP contribution in [0.15, 0.2) is 0 Å². The number of carbonyl (C=O) groups excluding carboxylic acids is 1. The van der Waals surface area contributed by atoms with E-state index in [1.54, 1.807) is 0 Å². The Hall–Kier alpha value is -1.45. The van der Waals surface area contributed by atoms with Gasteiger partial charge < -0.3 is 9.84 Å². The lowest BCUT2D eigenvalue weighted by molar-refractivity contribution is -0.141. The maximum absolute atomic E-state index is 11.3. The van der Waals surface area contributed by atoms with Gasteiger partial charge in [-0.2, -0.15) is 0 Å². The summed E-state index contributed by atoms with van der Waals surface area (Å²) in [5, 5.41) is 10.0. The highest BCUT2D eigenvalue weighted by Crippen LogP contribution is 2.40. The van der Waals surface area contributed by atoms with Gasteiger partial charge in [0.05, 0.1) is 18.4 Å². The van der Waals surface area contributed by atoms with Crippen LogP contribution in [0.1, 0.15) is 46.0 Å². The molecule has 3 nitrogen and oxygen atoms in total. The van der Waals surface area contributed by atoms with Crippen LogP contribution in [0.3, 0.4) is 0 Å². The van der Waals surface area contributed by atoms with Crippen LogP contribution in [0.5, 0.6) is 0 Å². The third-order valence-corrected chi connectivity index (χ3v) is 3.98. The Bertz CT molecular complexity index is 474. The van der Waals surface area contributed by atoms with Gasteiger partial charge in [-0.15, -0.1) is 17.8 Å². The molecule has 1 heterocycles. The van der Waals surface area contributed by atoms with Crippen molar-refractivity contribution in [2.24, 2.45) is 17.8 Å². The SMILES string of the molecule is CCC#CCC(C)CC#CC1[C@H](O)C[C@@H]2OC(=O)C[C@H]12. The zero-order chi connectivity index (χ0) is 14.5. The molecule has 0 radical (unpaired) electrons. The Balaban J connectivity index is 1.86. The highest BCUT2D eigenvalue weighted by molar-refractivity contribution is 5.72. The highest BCUT2D eigenvalue weighted by Gasteiger charge is 2.49. The first-order valence-corrected chi connectivity index (χ1v) is 7.43. The molecule has 0 bridgehead atoms. The van der Waals surface area contributed by atoms with Gasteiger partial charge in [-0.25, -0.2) is 0 Å². The van der Waals surface area contributed by atoms with Gasteiger partial charge in [0, 0.05) is 31.6 Å². The summed E-state index contributed by atoms with van der Waals surface area (Å²) in [6.45, 7) is 4.18. The van der Waals surface area contributed by atoms with Crippen molar-refractivity contribution in [3.8, 4) is 23.7 Å². The molecule has 1 N–H and O–H groups in total. The van der Waals surface area contributed by atoms with E-state index in [1.807, 2.05) is 6.92 Å². The quantitative estimate of drug-likeness (QED) is 0.620. The molecule has 108 valence electrons. The van der Waals surface area contributed by atoms with E-state index in [0.29, 0.717) is 18.8 Å². The molecule has 0 aromatic heterocycles. The molecule has 2 fully saturated rings. The van der Waals surface area contributed by atoms with E-state index in [0.717, 1.165) is 19.3 Å². The van der Waals surface area contributed by atoms with Crippen LogP contribution in [0.25, 0.3) is 0 Å². The predicted octanol–water partition coefficient (Wildman–Crippen LogP) is 2.13. The first-order valence-electron chi connectivity index (χ1n) is 7.43. The zero-order valence-corrected chi connectivity index (χ0v) is 12.2. The average Bonchev–Trinajstić information content (AvgIpc) is 2.87. The minimum absolute atomic E-state index is 0.0835. The molecule has 5 atom stereocenters. The third kappa shape index (κ3) is 3.56. The van der Waals surface area contributed by atoms with Crippen molar-refractivity contribution in [2.75, 3.05) is 0 Å². The van der Waals surface area contributed by atoms with E-state index < -0.39 is 6.10 Å². The number of esters is 1. The molecule has 0 amide bonds. The number of hydrogen-bond donors (Lipinski definition) is 1. The standard InChI is InChI=1S/C17H22O3/c1-3-4-5-7-12(2)8-6-9-13-14-10-17(19)20-16(14)11-15(13)18/h12-16,18H,3,7-8,10-11H2,1-2H3/t12?,13?,14-,15-,16+/m1/s1. The fourth-order valence-electron chi connectivity index (χ4n) is 2.88. The van der Waals surface area contributed by atoms with Gasteiger partial charge in [0.25, 0.3) is 0 Å². The van der Waals surface area contributed by atoms with Gasteiger partial charge in [0.2, 0.25) is 0 Å². The molecule has 1 saturated heterocycles. The van der Waals surface area contributed by atoms with Crippen LogP contribution in [0.4, 0.5) is 0 Å². The lowest BCUT2D eigenvalue weighted by atomic mass is 9.92. The molecule has 0 aromatic carbocycles. The van der Waals surface area contributed by atoms with Crippen molar-refractivity contribution in [3.05, 3.63) is 0 Å². The van der Waals surface area contributed by atoms with Crippen molar-refractivity contribution < 1.29 is 14.6 Å². The second-order valence-corrected chi connectivity index (χ2v) is 5.77. The smallest absolute Gasteiger partial charge is 0.306 e. The van der Waals surface area contributed by atoms with Crippen molar-refractivity contribution in [1.29, 1.82) is 0 Å². The third-order valence-electron chi connectivity index (χ3n) is 3.98. The molecular weight excluding hydrogens is 252 g/mol. The van der Waals surface area contributed by atoms with Crippen molar-refractivity contribution in [3.63, 3.8) is 0 Å². The summed E-state index contributed by atoms with van der Waals surface area (Å²) in [6.07, 6.45) is 2.90. The normalized spacial score (nSPS) is 32.5. The molecule has 0 aromatic rings. The topological polar surface area (TPSA) is 46.5 Å². The van der Waals surface area contributed by atoms with Gasteiger partial charge in [-0.05, 0) is 5.92 Å². The summed E-state index contributed by atoms with van der Waals surface area (Å²) in [5.74, 6) is 12.8. The summed E-state index contributed by atoms with van der Waals surface area (Å²) in [4.78, 5) is 11.3. The summed E-state index contributed by atoms with van der Waals surface area (Å²) in [5.41, 5.74) is 0. The van der Waals surface area contributed by atoms with Crippen molar-refractivity contribution >= 4 is 5.97 Å². The molecule has 2 unspecified atom stereocenters. The number of ether oxygens (including phenoxy) is 1. The van der Waals surface area contributed by atoms with Crippen LogP contribution >= 0.6 is 0 Å². The molecule has 1 aliphatic heterocycles. The van der Waals surface area contributed by atoms with Gasteiger partial charge in [-0.3, -0.25) is 4.79 Å². The molecule has 0 spiro atoms.